The van der Waals surface area contributed by atoms with Gasteiger partial charge in [0.25, 0.3) is 0 Å². The number of ether oxygens (including phenoxy) is 2. The molecule has 68 heavy (non-hydrogen) atoms. The van der Waals surface area contributed by atoms with Crippen molar-refractivity contribution in [3.8, 4) is 0 Å². The molecule has 1 aliphatic heterocycles. The quantitative estimate of drug-likeness (QED) is 0.0261. The predicted octanol–water partition coefficient (Wildman–Crippen LogP) is 14.4. The standard InChI is InChI=1S/C59H111NO8/c1-3-5-7-9-11-13-15-16-17-18-19-20-21-22-23-24-25-26-27-28-29-30-31-32-33-34-35-36-37-38-39-41-43-45-47-49-55(63)60-52(51-67-59-58(66)57(65)56(64)54(50-61)68-59)53(62)48-46-44-42-40-14-12-10-8-6-4-2/h15-16,18-19,21-22,52-54,56-59,61-62,64-66H,3-14,17,20,23-51H2,1-2H3,(H,60,63)/b16-15-,19-18-,22-21-. The van der Waals surface area contributed by atoms with E-state index in [1.54, 1.807) is 0 Å². The molecule has 0 bridgehead atoms. The topological polar surface area (TPSA) is 149 Å². The molecule has 1 aliphatic rings. The fourth-order valence-corrected chi connectivity index (χ4v) is 9.35. The van der Waals surface area contributed by atoms with Gasteiger partial charge in [-0.25, -0.2) is 0 Å². The van der Waals surface area contributed by atoms with Crippen LogP contribution in [0.15, 0.2) is 36.5 Å². The van der Waals surface area contributed by atoms with E-state index in [1.807, 2.05) is 0 Å². The van der Waals surface area contributed by atoms with Crippen molar-refractivity contribution in [2.45, 2.75) is 320 Å². The summed E-state index contributed by atoms with van der Waals surface area (Å²) in [6.45, 7) is 3.82. The van der Waals surface area contributed by atoms with Crippen LogP contribution in [0, 0.1) is 0 Å². The van der Waals surface area contributed by atoms with Gasteiger partial charge in [-0.1, -0.05) is 256 Å². The molecular formula is C59H111NO8. The smallest absolute Gasteiger partial charge is 0.220 e. The third-order valence-electron chi connectivity index (χ3n) is 14.0. The summed E-state index contributed by atoms with van der Waals surface area (Å²) in [5.74, 6) is -0.142. The SMILES string of the molecule is CCCCCCC/C=C\C/C=C\C/C=C\CCCCCCCCCCCCCCCCCCCCCCC(=O)NC(COC1OC(CO)C(O)C(O)C1O)C(O)CCCCCCCCCCCC. The minimum absolute atomic E-state index is 0.135. The van der Waals surface area contributed by atoms with Crippen molar-refractivity contribution >= 4 is 5.91 Å². The molecule has 0 aromatic heterocycles. The molecule has 1 rings (SSSR count). The largest absolute Gasteiger partial charge is 0.394 e. The van der Waals surface area contributed by atoms with Gasteiger partial charge in [0.2, 0.25) is 5.91 Å². The molecule has 9 heteroatoms. The van der Waals surface area contributed by atoms with Crippen LogP contribution in [0.4, 0.5) is 0 Å². The minimum atomic E-state index is -1.55. The number of amides is 1. The van der Waals surface area contributed by atoms with Crippen LogP contribution in [0.25, 0.3) is 0 Å². The van der Waals surface area contributed by atoms with E-state index in [2.05, 4.69) is 55.6 Å². The molecule has 0 radical (unpaired) electrons. The highest BCUT2D eigenvalue weighted by Gasteiger charge is 2.44. The Hall–Kier alpha value is -1.59. The number of carbonyl (C=O) groups excluding carboxylic acids is 1. The lowest BCUT2D eigenvalue weighted by Gasteiger charge is -2.40. The zero-order valence-electron chi connectivity index (χ0n) is 44.4. The van der Waals surface area contributed by atoms with Gasteiger partial charge in [-0.05, 0) is 51.4 Å². The lowest BCUT2D eigenvalue weighted by molar-refractivity contribution is -0.302. The summed E-state index contributed by atoms with van der Waals surface area (Å²) in [5.41, 5.74) is 0. The van der Waals surface area contributed by atoms with E-state index in [4.69, 9.17) is 9.47 Å². The van der Waals surface area contributed by atoms with Crippen molar-refractivity contribution in [1.82, 2.24) is 5.32 Å². The lowest BCUT2D eigenvalue weighted by atomic mass is 9.99. The van der Waals surface area contributed by atoms with Crippen molar-refractivity contribution in [3.63, 3.8) is 0 Å². The summed E-state index contributed by atoms with van der Waals surface area (Å²) in [7, 11) is 0. The van der Waals surface area contributed by atoms with Crippen LogP contribution in [0.2, 0.25) is 0 Å². The van der Waals surface area contributed by atoms with E-state index in [1.165, 1.54) is 199 Å². The molecule has 1 heterocycles. The Morgan fingerprint density at radius 3 is 1.28 bits per heavy atom. The first-order valence-electron chi connectivity index (χ1n) is 29.2. The first-order valence-corrected chi connectivity index (χ1v) is 29.2. The number of hydrogen-bond acceptors (Lipinski definition) is 8. The Bertz CT molecular complexity index is 1160. The van der Waals surface area contributed by atoms with E-state index in [0.29, 0.717) is 12.8 Å². The maximum atomic E-state index is 13.0. The molecule has 0 aliphatic carbocycles. The molecule has 0 aromatic rings. The molecule has 1 fully saturated rings. The number of rotatable bonds is 50. The van der Waals surface area contributed by atoms with Crippen molar-refractivity contribution in [1.29, 1.82) is 0 Å². The summed E-state index contributed by atoms with van der Waals surface area (Å²) < 4.78 is 11.3. The Kier molecular flexibility index (Phi) is 46.4. The van der Waals surface area contributed by atoms with Crippen LogP contribution < -0.4 is 5.32 Å². The molecule has 0 spiro atoms. The average molecular weight is 963 g/mol. The van der Waals surface area contributed by atoms with E-state index in [9.17, 15) is 30.3 Å². The number of carbonyl (C=O) groups is 1. The predicted molar refractivity (Wildman–Crippen MR) is 286 cm³/mol. The first kappa shape index (κ1) is 64.4. The van der Waals surface area contributed by atoms with Crippen LogP contribution in [-0.4, -0.2) is 87.5 Å². The molecule has 6 N–H and O–H groups in total. The normalized spacial score (nSPS) is 19.8. The Morgan fingerprint density at radius 2 is 0.868 bits per heavy atom. The van der Waals surface area contributed by atoms with Gasteiger partial charge in [-0.2, -0.15) is 0 Å². The van der Waals surface area contributed by atoms with E-state index >= 15 is 0 Å². The van der Waals surface area contributed by atoms with Crippen LogP contribution >= 0.6 is 0 Å². The summed E-state index contributed by atoms with van der Waals surface area (Å²) >= 11 is 0. The molecule has 0 aromatic carbocycles. The summed E-state index contributed by atoms with van der Waals surface area (Å²) in [4.78, 5) is 13.0. The summed E-state index contributed by atoms with van der Waals surface area (Å²) in [5, 5.41) is 54.4. The van der Waals surface area contributed by atoms with E-state index in [0.717, 1.165) is 51.4 Å². The molecule has 1 saturated heterocycles. The molecule has 1 amide bonds. The number of aliphatic hydroxyl groups excluding tert-OH is 5. The maximum absolute atomic E-state index is 13.0. The molecule has 0 saturated carbocycles. The van der Waals surface area contributed by atoms with E-state index < -0.39 is 49.5 Å². The van der Waals surface area contributed by atoms with Crippen LogP contribution in [0.3, 0.4) is 0 Å². The monoisotopic (exact) mass is 962 g/mol. The highest BCUT2D eigenvalue weighted by atomic mass is 16.7. The van der Waals surface area contributed by atoms with Gasteiger partial charge in [0.1, 0.15) is 24.4 Å². The molecule has 9 nitrogen and oxygen atoms in total. The first-order chi connectivity index (χ1) is 33.3. The summed E-state index contributed by atoms with van der Waals surface area (Å²) in [6, 6.07) is -0.715. The third kappa shape index (κ3) is 38.1. The highest BCUT2D eigenvalue weighted by Crippen LogP contribution is 2.23. The van der Waals surface area contributed by atoms with Gasteiger partial charge in [-0.3, -0.25) is 4.79 Å². The Morgan fingerprint density at radius 1 is 0.500 bits per heavy atom. The molecule has 7 atom stereocenters. The fraction of sp³-hybridized carbons (Fsp3) is 0.881. The lowest BCUT2D eigenvalue weighted by Crippen LogP contribution is -2.60. The number of hydrogen-bond donors (Lipinski definition) is 6. The number of unbranched alkanes of at least 4 members (excludes halogenated alkanes) is 34. The van der Waals surface area contributed by atoms with Crippen molar-refractivity contribution in [2.24, 2.45) is 0 Å². The van der Waals surface area contributed by atoms with Gasteiger partial charge in [0.15, 0.2) is 6.29 Å². The zero-order chi connectivity index (χ0) is 49.4. The van der Waals surface area contributed by atoms with Crippen LogP contribution in [0.5, 0.6) is 0 Å². The second-order valence-electron chi connectivity index (χ2n) is 20.4. The third-order valence-corrected chi connectivity index (χ3v) is 14.0. The zero-order valence-corrected chi connectivity index (χ0v) is 44.4. The average Bonchev–Trinajstić information content (AvgIpc) is 3.34. The number of aliphatic hydroxyl groups is 5. The number of allylic oxidation sites excluding steroid dienone is 6. The molecule has 400 valence electrons. The number of nitrogens with one attached hydrogen (secondary N) is 1. The van der Waals surface area contributed by atoms with Gasteiger partial charge in [0, 0.05) is 6.42 Å². The molecule has 7 unspecified atom stereocenters. The van der Waals surface area contributed by atoms with Crippen LogP contribution in [0.1, 0.15) is 277 Å². The Labute approximate surface area is 419 Å². The van der Waals surface area contributed by atoms with Gasteiger partial charge < -0.3 is 40.3 Å². The second kappa shape index (κ2) is 49.0. The fourth-order valence-electron chi connectivity index (χ4n) is 9.35. The van der Waals surface area contributed by atoms with Gasteiger partial charge in [-0.15, -0.1) is 0 Å². The van der Waals surface area contributed by atoms with Crippen LogP contribution in [-0.2, 0) is 14.3 Å². The maximum Gasteiger partial charge on any atom is 0.220 e. The molecular weight excluding hydrogens is 851 g/mol. The van der Waals surface area contributed by atoms with E-state index in [-0.39, 0.29) is 12.5 Å². The van der Waals surface area contributed by atoms with Gasteiger partial charge in [0.05, 0.1) is 25.4 Å². The van der Waals surface area contributed by atoms with Crippen molar-refractivity contribution in [3.05, 3.63) is 36.5 Å². The minimum Gasteiger partial charge on any atom is -0.394 e. The van der Waals surface area contributed by atoms with Gasteiger partial charge >= 0.3 is 0 Å². The Balaban J connectivity index is 2.04. The summed E-state index contributed by atoms with van der Waals surface area (Å²) in [6.07, 6.45) is 56.3. The van der Waals surface area contributed by atoms with Crippen molar-refractivity contribution < 1.29 is 39.8 Å². The second-order valence-corrected chi connectivity index (χ2v) is 20.4. The van der Waals surface area contributed by atoms with Crippen molar-refractivity contribution in [2.75, 3.05) is 13.2 Å². The highest BCUT2D eigenvalue weighted by molar-refractivity contribution is 5.76.